The molecule has 0 unspecified atom stereocenters. The highest BCUT2D eigenvalue weighted by molar-refractivity contribution is 6.89. The van der Waals surface area contributed by atoms with E-state index in [1.54, 1.807) is 24.3 Å². The molecule has 1 aliphatic rings. The maximum atomic E-state index is 14.7. The molecule has 5 rings (SSSR count). The molecule has 39 heavy (non-hydrogen) atoms. The van der Waals surface area contributed by atoms with E-state index in [2.05, 4.69) is 63.5 Å². The van der Waals surface area contributed by atoms with Crippen molar-refractivity contribution in [1.29, 1.82) is 0 Å². The zero-order valence-corrected chi connectivity index (χ0v) is 25.3. The van der Waals surface area contributed by atoms with E-state index in [1.165, 1.54) is 34.6 Å². The van der Waals surface area contributed by atoms with Gasteiger partial charge in [-0.25, -0.2) is 0 Å². The highest BCUT2D eigenvalue weighted by atomic mass is 28.3. The zero-order valence-electron chi connectivity index (χ0n) is 23.3. The minimum Gasteiger partial charge on any atom is -0.508 e. The average Bonchev–Trinajstić information content (AvgIpc) is 3.18. The minimum atomic E-state index is -1.71. The molecule has 0 spiro atoms. The van der Waals surface area contributed by atoms with Gasteiger partial charge in [0.25, 0.3) is 0 Å². The number of benzene rings is 4. The second-order valence-corrected chi connectivity index (χ2v) is 22.7. The first kappa shape index (κ1) is 26.8. The van der Waals surface area contributed by atoms with Gasteiger partial charge in [-0.2, -0.15) is 0 Å². The maximum absolute atomic E-state index is 14.7. The molecule has 2 N–H and O–H groups in total. The van der Waals surface area contributed by atoms with Gasteiger partial charge in [0, 0.05) is 11.1 Å². The van der Waals surface area contributed by atoms with E-state index in [-0.39, 0.29) is 23.1 Å². The molecular formula is C33H34O4Si2. The smallest absolute Gasteiger partial charge is 0.185 e. The van der Waals surface area contributed by atoms with Crippen LogP contribution in [0.15, 0.2) is 84.9 Å². The van der Waals surface area contributed by atoms with Crippen molar-refractivity contribution in [2.75, 3.05) is 0 Å². The number of ketones is 2. The first-order valence-corrected chi connectivity index (χ1v) is 20.2. The number of fused-ring (bicyclic) bond motifs is 3. The van der Waals surface area contributed by atoms with Crippen molar-refractivity contribution in [1.82, 2.24) is 0 Å². The molecule has 6 heteroatoms. The Bertz CT molecular complexity index is 1480. The standard InChI is InChI=1S/C33H34O4Si2/c1-38(2,3)25-15-17-29-27(19-25)28-20-26(39(4,5)6)16-18-30(28)33(29,31(36)21-7-11-23(34)12-8-21)32(37)22-9-13-24(35)14-10-22/h7-20,34-35H,1-6H3. The third-order valence-electron chi connectivity index (χ3n) is 7.81. The molecule has 0 heterocycles. The second-order valence-electron chi connectivity index (χ2n) is 12.5. The molecule has 0 radical (unpaired) electrons. The molecule has 1 aliphatic carbocycles. The highest BCUT2D eigenvalue weighted by Gasteiger charge is 2.55. The van der Waals surface area contributed by atoms with Crippen LogP contribution < -0.4 is 10.4 Å². The molecule has 0 atom stereocenters. The quantitative estimate of drug-likeness (QED) is 0.170. The Kier molecular flexibility index (Phi) is 6.32. The third-order valence-corrected chi connectivity index (χ3v) is 11.9. The summed E-state index contributed by atoms with van der Waals surface area (Å²) in [5, 5.41) is 22.4. The lowest BCUT2D eigenvalue weighted by Gasteiger charge is -2.30. The fourth-order valence-corrected chi connectivity index (χ4v) is 7.84. The lowest BCUT2D eigenvalue weighted by atomic mass is 9.67. The van der Waals surface area contributed by atoms with Crippen LogP contribution >= 0.6 is 0 Å². The van der Waals surface area contributed by atoms with E-state index in [0.717, 1.165) is 11.1 Å². The lowest BCUT2D eigenvalue weighted by molar-refractivity contribution is 0.0800. The fourth-order valence-electron chi connectivity index (χ4n) is 5.52. The van der Waals surface area contributed by atoms with E-state index in [0.29, 0.717) is 22.3 Å². The van der Waals surface area contributed by atoms with E-state index in [4.69, 9.17) is 0 Å². The zero-order chi connectivity index (χ0) is 28.3. The van der Waals surface area contributed by atoms with Crippen molar-refractivity contribution in [2.45, 2.75) is 44.7 Å². The van der Waals surface area contributed by atoms with Crippen LogP contribution in [0, 0.1) is 0 Å². The normalized spacial score (nSPS) is 14.0. The van der Waals surface area contributed by atoms with Gasteiger partial charge in [0.2, 0.25) is 0 Å². The summed E-state index contributed by atoms with van der Waals surface area (Å²) in [7, 11) is -3.41. The van der Waals surface area contributed by atoms with E-state index >= 15 is 0 Å². The van der Waals surface area contributed by atoms with Gasteiger partial charge in [-0.1, -0.05) is 86.1 Å². The number of hydrogen-bond acceptors (Lipinski definition) is 4. The van der Waals surface area contributed by atoms with Crippen molar-refractivity contribution in [3.63, 3.8) is 0 Å². The molecule has 4 aromatic carbocycles. The lowest BCUT2D eigenvalue weighted by Crippen LogP contribution is -2.44. The third kappa shape index (κ3) is 4.37. The molecule has 0 fully saturated rings. The van der Waals surface area contributed by atoms with Crippen molar-refractivity contribution >= 4 is 38.1 Å². The Balaban J connectivity index is 1.89. The number of phenols is 2. The minimum absolute atomic E-state index is 0.0530. The van der Waals surface area contributed by atoms with Crippen LogP contribution in [0.4, 0.5) is 0 Å². The van der Waals surface area contributed by atoms with E-state index in [9.17, 15) is 19.8 Å². The Morgan fingerprint density at radius 2 is 0.872 bits per heavy atom. The Morgan fingerprint density at radius 3 is 1.18 bits per heavy atom. The second kappa shape index (κ2) is 9.17. The largest absolute Gasteiger partial charge is 0.508 e. The molecular weight excluding hydrogens is 517 g/mol. The molecule has 198 valence electrons. The van der Waals surface area contributed by atoms with E-state index in [1.807, 2.05) is 12.1 Å². The number of Topliss-reactive ketones (excluding diaryl/α,β-unsaturated/α-hetero) is 2. The number of rotatable bonds is 6. The number of carbonyl (C=O) groups is 2. The predicted octanol–water partition coefficient (Wildman–Crippen LogP) is 6.22. The first-order valence-electron chi connectivity index (χ1n) is 13.2. The van der Waals surface area contributed by atoms with Gasteiger partial charge >= 0.3 is 0 Å². The summed E-state index contributed by atoms with van der Waals surface area (Å²) < 4.78 is 0. The summed E-state index contributed by atoms with van der Waals surface area (Å²) in [6.45, 7) is 13.7. The number of phenolic OH excluding ortho intramolecular Hbond substituents is 2. The van der Waals surface area contributed by atoms with Crippen molar-refractivity contribution in [3.05, 3.63) is 107 Å². The van der Waals surface area contributed by atoms with Crippen LogP contribution in [0.25, 0.3) is 11.1 Å². The first-order chi connectivity index (χ1) is 18.2. The summed E-state index contributed by atoms with van der Waals surface area (Å²) in [5.41, 5.74) is 2.33. The monoisotopic (exact) mass is 550 g/mol. The van der Waals surface area contributed by atoms with Gasteiger partial charge < -0.3 is 10.2 Å². The molecule has 0 amide bonds. The van der Waals surface area contributed by atoms with Gasteiger partial charge in [0.1, 0.15) is 16.9 Å². The summed E-state index contributed by atoms with van der Waals surface area (Å²) in [6, 6.07) is 24.7. The van der Waals surface area contributed by atoms with Gasteiger partial charge in [0.15, 0.2) is 11.6 Å². The summed E-state index contributed by atoms with van der Waals surface area (Å²) in [4.78, 5) is 29.4. The van der Waals surface area contributed by atoms with Crippen LogP contribution in [0.2, 0.25) is 39.3 Å². The van der Waals surface area contributed by atoms with Crippen LogP contribution in [0.3, 0.4) is 0 Å². The fraction of sp³-hybridized carbons (Fsp3) is 0.212. The molecule has 4 nitrogen and oxygen atoms in total. The molecule has 0 saturated carbocycles. The van der Waals surface area contributed by atoms with Gasteiger partial charge in [-0.05, 0) is 70.8 Å². The van der Waals surface area contributed by atoms with E-state index < -0.39 is 21.6 Å². The Morgan fingerprint density at radius 1 is 0.538 bits per heavy atom. The van der Waals surface area contributed by atoms with Crippen LogP contribution in [0.5, 0.6) is 11.5 Å². The van der Waals surface area contributed by atoms with Crippen molar-refractivity contribution in [3.8, 4) is 22.6 Å². The molecule has 0 bridgehead atoms. The van der Waals surface area contributed by atoms with Crippen LogP contribution in [-0.4, -0.2) is 37.9 Å². The molecule has 4 aromatic rings. The maximum Gasteiger partial charge on any atom is 0.185 e. The molecule has 0 aromatic heterocycles. The molecule has 0 saturated heterocycles. The van der Waals surface area contributed by atoms with Crippen LogP contribution in [0.1, 0.15) is 31.8 Å². The Labute approximate surface area is 232 Å². The topological polar surface area (TPSA) is 74.6 Å². The number of aromatic hydroxyl groups is 2. The SMILES string of the molecule is C[Si](C)(C)c1ccc2c(c1)-c1cc([Si](C)(C)C)ccc1C2(C(=O)c1ccc(O)cc1)C(=O)c1ccc(O)cc1. The van der Waals surface area contributed by atoms with Gasteiger partial charge in [0.05, 0.1) is 16.1 Å². The summed E-state index contributed by atoms with van der Waals surface area (Å²) in [5.74, 6) is -0.557. The van der Waals surface area contributed by atoms with Gasteiger partial charge in [-0.3, -0.25) is 9.59 Å². The van der Waals surface area contributed by atoms with Crippen molar-refractivity contribution in [2.24, 2.45) is 0 Å². The average molecular weight is 551 g/mol. The van der Waals surface area contributed by atoms with Gasteiger partial charge in [-0.15, -0.1) is 0 Å². The summed E-state index contributed by atoms with van der Waals surface area (Å²) in [6.07, 6.45) is 0. The highest BCUT2D eigenvalue weighted by Crippen LogP contribution is 2.52. The Hall–Kier alpha value is -3.75. The number of hydrogen-bond donors (Lipinski definition) is 2. The van der Waals surface area contributed by atoms with Crippen molar-refractivity contribution < 1.29 is 19.8 Å². The predicted molar refractivity (Wildman–Crippen MR) is 163 cm³/mol. The summed E-state index contributed by atoms with van der Waals surface area (Å²) >= 11 is 0. The van der Waals surface area contributed by atoms with Crippen LogP contribution in [-0.2, 0) is 5.41 Å². The molecule has 0 aliphatic heterocycles. The number of carbonyl (C=O) groups excluding carboxylic acids is 2.